The van der Waals surface area contributed by atoms with Crippen molar-refractivity contribution in [1.82, 2.24) is 10.2 Å². The molecule has 150 valence electrons. The van der Waals surface area contributed by atoms with Gasteiger partial charge < -0.3 is 10.1 Å². The summed E-state index contributed by atoms with van der Waals surface area (Å²) >= 11 is 0. The van der Waals surface area contributed by atoms with Crippen LogP contribution in [0.1, 0.15) is 37.0 Å². The number of likely N-dealkylation sites (tertiary alicyclic amines) is 1. The quantitative estimate of drug-likeness (QED) is 0.791. The predicted molar refractivity (Wildman–Crippen MR) is 94.1 cm³/mol. The number of nitrogens with one attached hydrogen (secondary N) is 1. The molecule has 1 amide bonds. The lowest BCUT2D eigenvalue weighted by Gasteiger charge is -2.29. The smallest absolute Gasteiger partial charge is 0.403 e. The van der Waals surface area contributed by atoms with E-state index in [1.54, 1.807) is 37.3 Å². The molecule has 1 unspecified atom stereocenters. The third-order valence-electron chi connectivity index (χ3n) is 4.90. The molecule has 1 aliphatic rings. The molecule has 0 saturated carbocycles. The predicted octanol–water partition coefficient (Wildman–Crippen LogP) is 3.01. The Morgan fingerprint density at radius 3 is 2.44 bits per heavy atom. The summed E-state index contributed by atoms with van der Waals surface area (Å²) in [4.78, 5) is 26.1. The van der Waals surface area contributed by atoms with Crippen molar-refractivity contribution in [3.8, 4) is 0 Å². The summed E-state index contributed by atoms with van der Waals surface area (Å²) in [6.07, 6.45) is -3.91. The second-order valence-corrected chi connectivity index (χ2v) is 6.64. The van der Waals surface area contributed by atoms with Crippen molar-refractivity contribution < 1.29 is 27.5 Å². The zero-order valence-corrected chi connectivity index (χ0v) is 15.5. The van der Waals surface area contributed by atoms with E-state index in [2.05, 4.69) is 5.32 Å². The maximum absolute atomic E-state index is 13.1. The lowest BCUT2D eigenvalue weighted by Crippen LogP contribution is -2.45. The summed E-state index contributed by atoms with van der Waals surface area (Å²) < 4.78 is 44.3. The minimum Gasteiger partial charge on any atom is -0.466 e. The van der Waals surface area contributed by atoms with E-state index in [-0.39, 0.29) is 38.4 Å². The Balaban J connectivity index is 2.15. The highest BCUT2D eigenvalue weighted by molar-refractivity contribution is 5.94. The van der Waals surface area contributed by atoms with Crippen LogP contribution in [-0.4, -0.2) is 54.7 Å². The molecule has 1 N–H and O–H groups in total. The molecular formula is C19H25F3N2O3. The molecule has 0 bridgehead atoms. The van der Waals surface area contributed by atoms with Gasteiger partial charge in [-0.3, -0.25) is 14.5 Å². The van der Waals surface area contributed by atoms with E-state index in [0.29, 0.717) is 5.56 Å². The van der Waals surface area contributed by atoms with E-state index >= 15 is 0 Å². The largest absolute Gasteiger partial charge is 0.466 e. The molecule has 1 aromatic rings. The number of halogens is 3. The Kier molecular flexibility index (Phi) is 7.24. The van der Waals surface area contributed by atoms with E-state index in [0.717, 1.165) is 6.92 Å². The number of esters is 1. The van der Waals surface area contributed by atoms with Crippen LogP contribution in [0.4, 0.5) is 13.2 Å². The number of ether oxygens (including phenoxy) is 1. The first-order valence-corrected chi connectivity index (χ1v) is 9.07. The first kappa shape index (κ1) is 21.2. The molecule has 1 heterocycles. The molecule has 5 nitrogen and oxygen atoms in total. The van der Waals surface area contributed by atoms with Crippen LogP contribution in [0.2, 0.25) is 0 Å². The Bertz CT molecular complexity index is 637. The first-order chi connectivity index (χ1) is 12.7. The third-order valence-corrected chi connectivity index (χ3v) is 4.90. The summed E-state index contributed by atoms with van der Waals surface area (Å²) in [6.45, 7) is 3.21. The van der Waals surface area contributed by atoms with Gasteiger partial charge in [-0.25, -0.2) is 0 Å². The number of carbonyl (C=O) groups is 2. The van der Waals surface area contributed by atoms with Gasteiger partial charge in [-0.05, 0) is 45.4 Å². The van der Waals surface area contributed by atoms with Gasteiger partial charge in [-0.1, -0.05) is 18.2 Å². The molecule has 1 saturated heterocycles. The second-order valence-electron chi connectivity index (χ2n) is 6.64. The summed E-state index contributed by atoms with van der Waals surface area (Å²) in [5, 5.41) is 2.82. The van der Waals surface area contributed by atoms with Gasteiger partial charge in [0.2, 0.25) is 0 Å². The number of hydrogen-bond donors (Lipinski definition) is 1. The fourth-order valence-electron chi connectivity index (χ4n) is 3.26. The zero-order valence-electron chi connectivity index (χ0n) is 15.5. The number of amides is 1. The number of hydrogen-bond acceptors (Lipinski definition) is 4. The van der Waals surface area contributed by atoms with Gasteiger partial charge in [0.05, 0.1) is 12.5 Å². The van der Waals surface area contributed by atoms with Gasteiger partial charge in [0, 0.05) is 18.2 Å². The number of rotatable bonds is 5. The van der Waals surface area contributed by atoms with Gasteiger partial charge in [0.1, 0.15) is 6.04 Å². The highest BCUT2D eigenvalue weighted by atomic mass is 19.4. The number of nitrogens with zero attached hydrogens (tertiary/aromatic N) is 1. The van der Waals surface area contributed by atoms with Crippen molar-refractivity contribution >= 4 is 11.9 Å². The SMILES string of the molecule is CCOC(=O)[C@@H]1CCN(C(C)C(F)(F)F)CC[C@@H]1NC(=O)c1ccccc1. The molecule has 8 heteroatoms. The molecule has 0 radical (unpaired) electrons. The van der Waals surface area contributed by atoms with Crippen molar-refractivity contribution in [2.45, 2.75) is 44.9 Å². The van der Waals surface area contributed by atoms with Crippen LogP contribution in [0.3, 0.4) is 0 Å². The average molecular weight is 386 g/mol. The van der Waals surface area contributed by atoms with Crippen LogP contribution in [0.5, 0.6) is 0 Å². The van der Waals surface area contributed by atoms with Gasteiger partial charge in [0.15, 0.2) is 0 Å². The van der Waals surface area contributed by atoms with Gasteiger partial charge >= 0.3 is 12.1 Å². The summed E-state index contributed by atoms with van der Waals surface area (Å²) in [5.74, 6) is -1.52. The summed E-state index contributed by atoms with van der Waals surface area (Å²) in [5.41, 5.74) is 0.435. The Hall–Kier alpha value is -2.09. The van der Waals surface area contributed by atoms with Crippen LogP contribution in [0.15, 0.2) is 30.3 Å². The van der Waals surface area contributed by atoms with Gasteiger partial charge in [-0.2, -0.15) is 13.2 Å². The highest BCUT2D eigenvalue weighted by Gasteiger charge is 2.42. The van der Waals surface area contributed by atoms with E-state index in [1.807, 2.05) is 0 Å². The fourth-order valence-corrected chi connectivity index (χ4v) is 3.26. The van der Waals surface area contributed by atoms with Crippen molar-refractivity contribution in [3.05, 3.63) is 35.9 Å². The zero-order chi connectivity index (χ0) is 20.0. The summed E-state index contributed by atoms with van der Waals surface area (Å²) in [6, 6.07) is 6.31. The van der Waals surface area contributed by atoms with Crippen LogP contribution >= 0.6 is 0 Å². The Morgan fingerprint density at radius 1 is 1.22 bits per heavy atom. The summed E-state index contributed by atoms with van der Waals surface area (Å²) in [7, 11) is 0. The molecule has 1 aromatic carbocycles. The maximum Gasteiger partial charge on any atom is 0.403 e. The standard InChI is InChI=1S/C19H25F3N2O3/c1-3-27-18(26)15-9-11-24(13(2)19(20,21)22)12-10-16(15)23-17(25)14-7-5-4-6-8-14/h4-8,13,15-16H,3,9-12H2,1-2H3,(H,23,25)/t13?,15-,16+/m1/s1. The Labute approximate surface area is 156 Å². The molecule has 0 aliphatic carbocycles. The lowest BCUT2D eigenvalue weighted by molar-refractivity contribution is -0.178. The molecule has 0 spiro atoms. The van der Waals surface area contributed by atoms with Crippen molar-refractivity contribution in [2.24, 2.45) is 5.92 Å². The minimum absolute atomic E-state index is 0.113. The van der Waals surface area contributed by atoms with E-state index in [1.165, 1.54) is 4.90 Å². The topological polar surface area (TPSA) is 58.6 Å². The maximum atomic E-state index is 13.1. The normalized spacial score (nSPS) is 22.6. The fraction of sp³-hybridized carbons (Fsp3) is 0.579. The molecule has 1 fully saturated rings. The molecular weight excluding hydrogens is 361 g/mol. The number of alkyl halides is 3. The Morgan fingerprint density at radius 2 is 1.85 bits per heavy atom. The number of carbonyl (C=O) groups excluding carboxylic acids is 2. The average Bonchev–Trinajstić information content (AvgIpc) is 2.84. The monoisotopic (exact) mass is 386 g/mol. The second kappa shape index (κ2) is 9.21. The van der Waals surface area contributed by atoms with Crippen LogP contribution in [0, 0.1) is 5.92 Å². The molecule has 1 aliphatic heterocycles. The van der Waals surface area contributed by atoms with E-state index in [9.17, 15) is 22.8 Å². The van der Waals surface area contributed by atoms with Gasteiger partial charge in [-0.15, -0.1) is 0 Å². The molecule has 27 heavy (non-hydrogen) atoms. The van der Waals surface area contributed by atoms with E-state index < -0.39 is 30.1 Å². The minimum atomic E-state index is -4.34. The molecule has 0 aromatic heterocycles. The number of benzene rings is 1. The molecule has 2 rings (SSSR count). The first-order valence-electron chi connectivity index (χ1n) is 9.07. The van der Waals surface area contributed by atoms with Crippen LogP contribution in [-0.2, 0) is 9.53 Å². The van der Waals surface area contributed by atoms with Crippen molar-refractivity contribution in [2.75, 3.05) is 19.7 Å². The third kappa shape index (κ3) is 5.69. The van der Waals surface area contributed by atoms with Crippen molar-refractivity contribution in [1.29, 1.82) is 0 Å². The van der Waals surface area contributed by atoms with Crippen molar-refractivity contribution in [3.63, 3.8) is 0 Å². The lowest BCUT2D eigenvalue weighted by atomic mass is 9.94. The van der Waals surface area contributed by atoms with E-state index in [4.69, 9.17) is 4.74 Å². The molecule has 3 atom stereocenters. The van der Waals surface area contributed by atoms with Crippen LogP contribution in [0.25, 0.3) is 0 Å². The highest BCUT2D eigenvalue weighted by Crippen LogP contribution is 2.28. The van der Waals surface area contributed by atoms with Gasteiger partial charge in [0.25, 0.3) is 5.91 Å². The van der Waals surface area contributed by atoms with Crippen LogP contribution < -0.4 is 5.32 Å².